The summed E-state index contributed by atoms with van der Waals surface area (Å²) in [4.78, 5) is 0. The van der Waals surface area contributed by atoms with Gasteiger partial charge in [-0.1, -0.05) is 33.1 Å². The van der Waals surface area contributed by atoms with Gasteiger partial charge in [0.25, 0.3) is 0 Å². The second-order valence-electron chi connectivity index (χ2n) is 3.94. The highest BCUT2D eigenvalue weighted by molar-refractivity contribution is 4.92. The van der Waals surface area contributed by atoms with Crippen molar-refractivity contribution >= 4 is 0 Å². The van der Waals surface area contributed by atoms with Gasteiger partial charge in [-0.25, -0.2) is 0 Å². The lowest BCUT2D eigenvalue weighted by Crippen LogP contribution is -2.48. The number of hydrogen-bond donors (Lipinski definition) is 2. The van der Waals surface area contributed by atoms with Crippen molar-refractivity contribution in [2.24, 2.45) is 11.7 Å². The van der Waals surface area contributed by atoms with E-state index in [1.165, 1.54) is 32.1 Å². The van der Waals surface area contributed by atoms with Crippen LogP contribution in [0.2, 0.25) is 0 Å². The highest BCUT2D eigenvalue weighted by atomic mass is 14.8. The molecule has 1 fully saturated rings. The summed E-state index contributed by atoms with van der Waals surface area (Å²) in [6, 6.07) is 0. The van der Waals surface area contributed by atoms with Gasteiger partial charge in [-0.3, -0.25) is 0 Å². The fraction of sp³-hybridized carbons (Fsp3) is 1.00. The molecule has 0 aromatic heterocycles. The number of hydrogen-bond acceptors (Lipinski definition) is 2. The Kier molecular flexibility index (Phi) is 4.80. The molecule has 0 bridgehead atoms. The summed E-state index contributed by atoms with van der Waals surface area (Å²) in [6.45, 7) is 4.50. The maximum Gasteiger partial charge on any atom is 0.0180 e. The van der Waals surface area contributed by atoms with E-state index in [4.69, 9.17) is 5.73 Å². The van der Waals surface area contributed by atoms with Crippen molar-refractivity contribution in [1.29, 1.82) is 0 Å². The normalized spacial score (nSPS) is 35.8. The van der Waals surface area contributed by atoms with Crippen molar-refractivity contribution < 1.29 is 0 Å². The SMILES string of the molecule is CCC1CCCCC1(N)CC.N. The lowest BCUT2D eigenvalue weighted by molar-refractivity contribution is 0.177. The van der Waals surface area contributed by atoms with Gasteiger partial charge in [0.15, 0.2) is 0 Å². The van der Waals surface area contributed by atoms with Crippen LogP contribution in [0.4, 0.5) is 0 Å². The molecule has 0 aromatic rings. The largest absolute Gasteiger partial charge is 0.344 e. The first-order valence-electron chi connectivity index (χ1n) is 5.02. The Morgan fingerprint density at radius 2 is 2.00 bits per heavy atom. The first-order valence-corrected chi connectivity index (χ1v) is 5.02. The van der Waals surface area contributed by atoms with Crippen LogP contribution in [-0.2, 0) is 0 Å². The zero-order valence-electron chi connectivity index (χ0n) is 8.60. The second kappa shape index (κ2) is 4.83. The van der Waals surface area contributed by atoms with Crippen molar-refractivity contribution in [2.45, 2.75) is 57.9 Å². The van der Waals surface area contributed by atoms with E-state index in [1.807, 2.05) is 0 Å². The summed E-state index contributed by atoms with van der Waals surface area (Å²) in [6.07, 6.45) is 7.79. The van der Waals surface area contributed by atoms with E-state index in [0.29, 0.717) is 0 Å². The second-order valence-corrected chi connectivity index (χ2v) is 3.94. The highest BCUT2D eigenvalue weighted by Crippen LogP contribution is 2.35. The molecule has 0 radical (unpaired) electrons. The Morgan fingerprint density at radius 1 is 1.33 bits per heavy atom. The van der Waals surface area contributed by atoms with Gasteiger partial charge < -0.3 is 11.9 Å². The topological polar surface area (TPSA) is 61.0 Å². The van der Waals surface area contributed by atoms with E-state index in [0.717, 1.165) is 12.3 Å². The molecular weight excluding hydrogens is 148 g/mol. The summed E-state index contributed by atoms with van der Waals surface area (Å²) in [7, 11) is 0. The molecule has 74 valence electrons. The molecule has 1 aliphatic rings. The first kappa shape index (κ1) is 11.9. The van der Waals surface area contributed by atoms with Crippen LogP contribution in [0.5, 0.6) is 0 Å². The molecule has 0 amide bonds. The van der Waals surface area contributed by atoms with Crippen LogP contribution in [0.3, 0.4) is 0 Å². The van der Waals surface area contributed by atoms with Crippen molar-refractivity contribution in [3.8, 4) is 0 Å². The Bertz CT molecular complexity index is 125. The third-order valence-corrected chi connectivity index (χ3v) is 3.41. The summed E-state index contributed by atoms with van der Waals surface area (Å²) < 4.78 is 0. The molecule has 2 unspecified atom stereocenters. The molecular formula is C10H24N2. The summed E-state index contributed by atoms with van der Waals surface area (Å²) in [5, 5.41) is 0. The fourth-order valence-electron chi connectivity index (χ4n) is 2.41. The van der Waals surface area contributed by atoms with Crippen molar-refractivity contribution in [2.75, 3.05) is 0 Å². The lowest BCUT2D eigenvalue weighted by atomic mass is 9.71. The molecule has 0 heterocycles. The minimum Gasteiger partial charge on any atom is -0.344 e. The van der Waals surface area contributed by atoms with E-state index in [9.17, 15) is 0 Å². The van der Waals surface area contributed by atoms with Crippen molar-refractivity contribution in [1.82, 2.24) is 6.15 Å². The Balaban J connectivity index is 0.00000121. The summed E-state index contributed by atoms with van der Waals surface area (Å²) in [5.41, 5.74) is 6.50. The molecule has 0 aromatic carbocycles. The fourth-order valence-corrected chi connectivity index (χ4v) is 2.41. The Morgan fingerprint density at radius 3 is 2.42 bits per heavy atom. The Hall–Kier alpha value is -0.0800. The molecule has 2 nitrogen and oxygen atoms in total. The Labute approximate surface area is 76.5 Å². The van der Waals surface area contributed by atoms with Crippen LogP contribution in [0.1, 0.15) is 52.4 Å². The van der Waals surface area contributed by atoms with E-state index in [1.54, 1.807) is 0 Å². The van der Waals surface area contributed by atoms with Crippen LogP contribution in [0.25, 0.3) is 0 Å². The van der Waals surface area contributed by atoms with Gasteiger partial charge in [-0.2, -0.15) is 0 Å². The molecule has 12 heavy (non-hydrogen) atoms. The lowest BCUT2D eigenvalue weighted by Gasteiger charge is -2.40. The van der Waals surface area contributed by atoms with Gasteiger partial charge in [0.2, 0.25) is 0 Å². The monoisotopic (exact) mass is 172 g/mol. The summed E-state index contributed by atoms with van der Waals surface area (Å²) >= 11 is 0. The van der Waals surface area contributed by atoms with E-state index in [-0.39, 0.29) is 11.7 Å². The molecule has 0 spiro atoms. The van der Waals surface area contributed by atoms with Gasteiger partial charge >= 0.3 is 0 Å². The molecule has 5 N–H and O–H groups in total. The molecule has 0 aliphatic heterocycles. The molecule has 0 saturated heterocycles. The quantitative estimate of drug-likeness (QED) is 0.672. The van der Waals surface area contributed by atoms with Crippen molar-refractivity contribution in [3.05, 3.63) is 0 Å². The molecule has 2 atom stereocenters. The molecule has 1 rings (SSSR count). The average Bonchev–Trinajstić information content (AvgIpc) is 2.05. The van der Waals surface area contributed by atoms with Crippen LogP contribution >= 0.6 is 0 Å². The van der Waals surface area contributed by atoms with E-state index >= 15 is 0 Å². The maximum atomic E-state index is 6.31. The van der Waals surface area contributed by atoms with Crippen LogP contribution in [0, 0.1) is 5.92 Å². The van der Waals surface area contributed by atoms with Crippen LogP contribution in [-0.4, -0.2) is 5.54 Å². The zero-order valence-corrected chi connectivity index (χ0v) is 8.60. The van der Waals surface area contributed by atoms with Gasteiger partial charge in [0.05, 0.1) is 0 Å². The predicted octanol–water partition coefficient (Wildman–Crippen LogP) is 2.86. The highest BCUT2D eigenvalue weighted by Gasteiger charge is 2.33. The minimum atomic E-state index is 0. The standard InChI is InChI=1S/C10H21N.H3N/c1-3-9-7-5-6-8-10(9,11)4-2;/h9H,3-8,11H2,1-2H3;1H3. The van der Waals surface area contributed by atoms with Crippen LogP contribution < -0.4 is 11.9 Å². The third kappa shape index (κ3) is 2.20. The molecule has 1 aliphatic carbocycles. The van der Waals surface area contributed by atoms with E-state index in [2.05, 4.69) is 13.8 Å². The molecule has 2 heteroatoms. The van der Waals surface area contributed by atoms with E-state index < -0.39 is 0 Å². The average molecular weight is 172 g/mol. The first-order chi connectivity index (χ1) is 5.23. The zero-order chi connectivity index (χ0) is 8.32. The minimum absolute atomic E-state index is 0. The van der Waals surface area contributed by atoms with Gasteiger partial charge in [0, 0.05) is 5.54 Å². The maximum absolute atomic E-state index is 6.31. The third-order valence-electron chi connectivity index (χ3n) is 3.41. The summed E-state index contributed by atoms with van der Waals surface area (Å²) in [5.74, 6) is 0.793. The smallest absolute Gasteiger partial charge is 0.0180 e. The van der Waals surface area contributed by atoms with Crippen LogP contribution in [0.15, 0.2) is 0 Å². The number of rotatable bonds is 2. The predicted molar refractivity (Wildman–Crippen MR) is 54.5 cm³/mol. The molecule has 1 saturated carbocycles. The van der Waals surface area contributed by atoms with Gasteiger partial charge in [-0.05, 0) is 25.2 Å². The van der Waals surface area contributed by atoms with Gasteiger partial charge in [-0.15, -0.1) is 0 Å². The van der Waals surface area contributed by atoms with Gasteiger partial charge in [0.1, 0.15) is 0 Å². The van der Waals surface area contributed by atoms with Crippen molar-refractivity contribution in [3.63, 3.8) is 0 Å². The number of nitrogens with two attached hydrogens (primary N) is 1.